The lowest BCUT2D eigenvalue weighted by atomic mass is 9.73. The zero-order chi connectivity index (χ0) is 21.4. The molecule has 0 bridgehead atoms. The average Bonchev–Trinajstić information content (AvgIpc) is 3.10. The molecule has 5 rings (SSSR count). The molecule has 2 atom stereocenters. The van der Waals surface area contributed by atoms with E-state index < -0.39 is 6.04 Å². The second-order valence-corrected chi connectivity index (χ2v) is 9.38. The Kier molecular flexibility index (Phi) is 5.54. The van der Waals surface area contributed by atoms with Crippen LogP contribution in [0.25, 0.3) is 0 Å². The predicted molar refractivity (Wildman–Crippen MR) is 113 cm³/mol. The highest BCUT2D eigenvalue weighted by atomic mass is 16.5. The molecule has 3 amide bonds. The van der Waals surface area contributed by atoms with Crippen molar-refractivity contribution in [3.63, 3.8) is 0 Å². The zero-order valence-electron chi connectivity index (χ0n) is 17.7. The fourth-order valence-electron chi connectivity index (χ4n) is 5.60. The molecule has 1 aromatic carbocycles. The SMILES string of the molecule is O=C1CCC(N2Cc3cccc(CNC4CNCC5(CCOCC5)C4)c3C2=O)C(=O)N1. The maximum absolute atomic E-state index is 13.2. The average molecular weight is 427 g/mol. The standard InChI is InChI=1S/C23H30N4O4/c28-19-5-4-18(21(29)26-19)27-13-16-3-1-2-15(20(16)22(27)30)11-25-17-10-23(14-24-12-17)6-8-31-9-7-23/h1-3,17-18,24-25H,4-14H2,(H,26,28,29). The first-order chi connectivity index (χ1) is 15.0. The summed E-state index contributed by atoms with van der Waals surface area (Å²) in [4.78, 5) is 38.6. The molecule has 31 heavy (non-hydrogen) atoms. The van der Waals surface area contributed by atoms with Crippen LogP contribution in [0.3, 0.4) is 0 Å². The Hall–Kier alpha value is -2.29. The molecule has 1 spiro atoms. The number of rotatable bonds is 4. The van der Waals surface area contributed by atoms with Crippen LogP contribution in [0.15, 0.2) is 18.2 Å². The van der Waals surface area contributed by atoms with Gasteiger partial charge < -0.3 is 20.3 Å². The Morgan fingerprint density at radius 2 is 2.03 bits per heavy atom. The second-order valence-electron chi connectivity index (χ2n) is 9.38. The highest BCUT2D eigenvalue weighted by Gasteiger charge is 2.40. The van der Waals surface area contributed by atoms with Gasteiger partial charge in [0.25, 0.3) is 5.91 Å². The molecule has 0 radical (unpaired) electrons. The van der Waals surface area contributed by atoms with Gasteiger partial charge in [0.2, 0.25) is 11.8 Å². The molecule has 0 aliphatic carbocycles. The lowest BCUT2D eigenvalue weighted by Crippen LogP contribution is -2.53. The topological polar surface area (TPSA) is 99.8 Å². The molecule has 4 aliphatic heterocycles. The molecular weight excluding hydrogens is 396 g/mol. The molecule has 3 N–H and O–H groups in total. The van der Waals surface area contributed by atoms with Crippen molar-refractivity contribution >= 4 is 17.7 Å². The zero-order valence-corrected chi connectivity index (χ0v) is 17.7. The fraction of sp³-hybridized carbons (Fsp3) is 0.609. The number of carbonyl (C=O) groups excluding carboxylic acids is 3. The number of hydrogen-bond acceptors (Lipinski definition) is 6. The van der Waals surface area contributed by atoms with Gasteiger partial charge in [-0.15, -0.1) is 0 Å². The Morgan fingerprint density at radius 3 is 2.84 bits per heavy atom. The van der Waals surface area contributed by atoms with Crippen LogP contribution in [0, 0.1) is 5.41 Å². The molecular formula is C23H30N4O4. The van der Waals surface area contributed by atoms with Gasteiger partial charge in [0, 0.05) is 57.4 Å². The van der Waals surface area contributed by atoms with Crippen LogP contribution >= 0.6 is 0 Å². The fourth-order valence-corrected chi connectivity index (χ4v) is 5.60. The van der Waals surface area contributed by atoms with E-state index >= 15 is 0 Å². The molecule has 8 heteroatoms. The molecule has 3 fully saturated rings. The Bertz CT molecular complexity index is 890. The number of amides is 3. The third-order valence-electron chi connectivity index (χ3n) is 7.34. The molecule has 0 aromatic heterocycles. The maximum Gasteiger partial charge on any atom is 0.255 e. The number of ether oxygens (including phenoxy) is 1. The van der Waals surface area contributed by atoms with E-state index in [0.717, 1.165) is 56.7 Å². The summed E-state index contributed by atoms with van der Waals surface area (Å²) in [6.07, 6.45) is 3.97. The van der Waals surface area contributed by atoms with Gasteiger partial charge in [0.15, 0.2) is 0 Å². The highest BCUT2D eigenvalue weighted by Crippen LogP contribution is 2.37. The molecule has 4 heterocycles. The number of nitrogens with one attached hydrogen (secondary N) is 3. The molecule has 1 aromatic rings. The van der Waals surface area contributed by atoms with E-state index in [4.69, 9.17) is 4.74 Å². The van der Waals surface area contributed by atoms with E-state index in [1.165, 1.54) is 0 Å². The molecule has 8 nitrogen and oxygen atoms in total. The van der Waals surface area contributed by atoms with Crippen molar-refractivity contribution in [3.05, 3.63) is 34.9 Å². The van der Waals surface area contributed by atoms with Crippen molar-refractivity contribution in [3.8, 4) is 0 Å². The molecule has 166 valence electrons. The summed E-state index contributed by atoms with van der Waals surface area (Å²) in [7, 11) is 0. The van der Waals surface area contributed by atoms with E-state index in [-0.39, 0.29) is 24.1 Å². The van der Waals surface area contributed by atoms with Crippen LogP contribution in [-0.4, -0.2) is 61.0 Å². The first kappa shape index (κ1) is 20.6. The molecule has 4 aliphatic rings. The quantitative estimate of drug-likeness (QED) is 0.613. The summed E-state index contributed by atoms with van der Waals surface area (Å²) < 4.78 is 5.56. The van der Waals surface area contributed by atoms with Gasteiger partial charge in [-0.1, -0.05) is 18.2 Å². The minimum atomic E-state index is -0.575. The van der Waals surface area contributed by atoms with Gasteiger partial charge in [-0.3, -0.25) is 19.7 Å². The number of imide groups is 1. The summed E-state index contributed by atoms with van der Waals surface area (Å²) in [5, 5.41) is 9.62. The van der Waals surface area contributed by atoms with Crippen molar-refractivity contribution in [1.82, 2.24) is 20.9 Å². The second kappa shape index (κ2) is 8.33. The van der Waals surface area contributed by atoms with Crippen molar-refractivity contribution in [2.75, 3.05) is 26.3 Å². The normalized spacial score (nSPS) is 28.0. The first-order valence-corrected chi connectivity index (χ1v) is 11.3. The number of piperidine rings is 2. The number of benzene rings is 1. The number of fused-ring (bicyclic) bond motifs is 1. The van der Waals surface area contributed by atoms with Crippen molar-refractivity contribution < 1.29 is 19.1 Å². The van der Waals surface area contributed by atoms with Crippen LogP contribution in [0.4, 0.5) is 0 Å². The van der Waals surface area contributed by atoms with Gasteiger partial charge in [-0.25, -0.2) is 0 Å². The van der Waals surface area contributed by atoms with Gasteiger partial charge in [0.05, 0.1) is 0 Å². The van der Waals surface area contributed by atoms with Crippen molar-refractivity contribution in [2.45, 2.75) is 57.3 Å². The largest absolute Gasteiger partial charge is 0.381 e. The molecule has 0 saturated carbocycles. The maximum atomic E-state index is 13.2. The third kappa shape index (κ3) is 4.00. The van der Waals surface area contributed by atoms with Gasteiger partial charge >= 0.3 is 0 Å². The van der Waals surface area contributed by atoms with Crippen LogP contribution in [0.2, 0.25) is 0 Å². The predicted octanol–water partition coefficient (Wildman–Crippen LogP) is 0.696. The van der Waals surface area contributed by atoms with Crippen LogP contribution in [0.1, 0.15) is 53.6 Å². The van der Waals surface area contributed by atoms with Crippen LogP contribution < -0.4 is 16.0 Å². The van der Waals surface area contributed by atoms with Gasteiger partial charge in [0.1, 0.15) is 6.04 Å². The summed E-state index contributed by atoms with van der Waals surface area (Å²) in [6, 6.07) is 5.72. The number of nitrogens with zero attached hydrogens (tertiary/aromatic N) is 1. The van der Waals surface area contributed by atoms with E-state index in [1.807, 2.05) is 18.2 Å². The summed E-state index contributed by atoms with van der Waals surface area (Å²) in [6.45, 7) is 4.69. The van der Waals surface area contributed by atoms with E-state index in [9.17, 15) is 14.4 Å². The lowest BCUT2D eigenvalue weighted by Gasteiger charge is -2.44. The van der Waals surface area contributed by atoms with Crippen LogP contribution in [0.5, 0.6) is 0 Å². The molecule has 2 unspecified atom stereocenters. The first-order valence-electron chi connectivity index (χ1n) is 11.3. The van der Waals surface area contributed by atoms with E-state index in [2.05, 4.69) is 16.0 Å². The summed E-state index contributed by atoms with van der Waals surface area (Å²) in [5.41, 5.74) is 2.95. The highest BCUT2D eigenvalue weighted by molar-refractivity contribution is 6.05. The third-order valence-corrected chi connectivity index (χ3v) is 7.34. The monoisotopic (exact) mass is 426 g/mol. The Labute approximate surface area is 182 Å². The number of hydrogen-bond donors (Lipinski definition) is 3. The van der Waals surface area contributed by atoms with Gasteiger partial charge in [-0.05, 0) is 42.2 Å². The van der Waals surface area contributed by atoms with E-state index in [0.29, 0.717) is 36.5 Å². The van der Waals surface area contributed by atoms with Crippen LogP contribution in [-0.2, 0) is 27.4 Å². The lowest BCUT2D eigenvalue weighted by molar-refractivity contribution is -0.136. The van der Waals surface area contributed by atoms with Crippen molar-refractivity contribution in [1.29, 1.82) is 0 Å². The van der Waals surface area contributed by atoms with E-state index in [1.54, 1.807) is 4.90 Å². The number of carbonyl (C=O) groups is 3. The van der Waals surface area contributed by atoms with Gasteiger partial charge in [-0.2, -0.15) is 0 Å². The Balaban J connectivity index is 1.27. The van der Waals surface area contributed by atoms with Crippen molar-refractivity contribution in [2.24, 2.45) is 5.41 Å². The minimum absolute atomic E-state index is 0.107. The Morgan fingerprint density at radius 1 is 1.19 bits per heavy atom. The smallest absolute Gasteiger partial charge is 0.255 e. The summed E-state index contributed by atoms with van der Waals surface area (Å²) in [5.74, 6) is -0.740. The summed E-state index contributed by atoms with van der Waals surface area (Å²) >= 11 is 0. The molecule has 3 saturated heterocycles. The minimum Gasteiger partial charge on any atom is -0.381 e.